The van der Waals surface area contributed by atoms with Crippen LogP contribution in [0.2, 0.25) is 0 Å². The molecule has 0 aliphatic carbocycles. The molecule has 0 fully saturated rings. The molecule has 0 aliphatic rings. The van der Waals surface area contributed by atoms with Crippen LogP contribution in [-0.4, -0.2) is 20.4 Å². The average molecular weight is 390 g/mol. The van der Waals surface area contributed by atoms with Crippen LogP contribution in [0.1, 0.15) is 38.7 Å². The zero-order valence-corrected chi connectivity index (χ0v) is 16.4. The van der Waals surface area contributed by atoms with Crippen molar-refractivity contribution in [2.24, 2.45) is 0 Å². The van der Waals surface area contributed by atoms with Gasteiger partial charge in [-0.05, 0) is 30.7 Å². The Morgan fingerprint density at radius 2 is 2.07 bits per heavy atom. The molecule has 29 heavy (non-hydrogen) atoms. The van der Waals surface area contributed by atoms with Gasteiger partial charge in [0.05, 0.1) is 11.3 Å². The van der Waals surface area contributed by atoms with Gasteiger partial charge in [0, 0.05) is 36.8 Å². The third-order valence-electron chi connectivity index (χ3n) is 4.42. The standard InChI is InChI=1S/C21H22N6O2/c1-3-4-5-10-27-19(29)9-7-16-13-23-21(26-20(16)27)25-17-8-6-15(12-22)18(11-17)24-14(2)28/h6-9,11,13H,3-5,10H2,1-2H3,(H,24,28)(H,23,25,26). The zero-order valence-electron chi connectivity index (χ0n) is 16.4. The third kappa shape index (κ3) is 4.76. The number of anilines is 3. The maximum Gasteiger partial charge on any atom is 0.252 e. The topological polar surface area (TPSA) is 113 Å². The maximum absolute atomic E-state index is 12.3. The minimum absolute atomic E-state index is 0.0930. The second-order valence-electron chi connectivity index (χ2n) is 6.68. The average Bonchev–Trinajstić information content (AvgIpc) is 2.69. The predicted octanol–water partition coefficient (Wildman–Crippen LogP) is 3.56. The van der Waals surface area contributed by atoms with E-state index in [1.807, 2.05) is 6.07 Å². The van der Waals surface area contributed by atoms with E-state index in [0.29, 0.717) is 35.1 Å². The van der Waals surface area contributed by atoms with Gasteiger partial charge in [-0.15, -0.1) is 0 Å². The second-order valence-corrected chi connectivity index (χ2v) is 6.68. The lowest BCUT2D eigenvalue weighted by atomic mass is 10.1. The normalized spacial score (nSPS) is 10.5. The number of aromatic nitrogens is 3. The first-order valence-electron chi connectivity index (χ1n) is 9.47. The van der Waals surface area contributed by atoms with Crippen molar-refractivity contribution in [1.29, 1.82) is 5.26 Å². The van der Waals surface area contributed by atoms with Crippen LogP contribution in [0, 0.1) is 11.3 Å². The van der Waals surface area contributed by atoms with E-state index in [1.54, 1.807) is 35.0 Å². The third-order valence-corrected chi connectivity index (χ3v) is 4.42. The molecule has 3 aromatic rings. The summed E-state index contributed by atoms with van der Waals surface area (Å²) >= 11 is 0. The first-order chi connectivity index (χ1) is 14.0. The number of carbonyl (C=O) groups is 1. The fourth-order valence-electron chi connectivity index (χ4n) is 3.01. The molecular formula is C21H22N6O2. The number of rotatable bonds is 7. The molecular weight excluding hydrogens is 368 g/mol. The lowest BCUT2D eigenvalue weighted by Crippen LogP contribution is -2.20. The predicted molar refractivity (Wildman–Crippen MR) is 112 cm³/mol. The van der Waals surface area contributed by atoms with E-state index >= 15 is 0 Å². The number of hydrogen-bond donors (Lipinski definition) is 2. The highest BCUT2D eigenvalue weighted by atomic mass is 16.1. The summed E-state index contributed by atoms with van der Waals surface area (Å²) < 4.78 is 1.67. The number of unbranched alkanes of at least 4 members (excludes halogenated alkanes) is 2. The molecule has 0 saturated heterocycles. The molecule has 2 aromatic heterocycles. The lowest BCUT2D eigenvalue weighted by molar-refractivity contribution is -0.114. The SMILES string of the molecule is CCCCCn1c(=O)ccc2cnc(Nc3ccc(C#N)c(NC(C)=O)c3)nc21. The minimum Gasteiger partial charge on any atom is -0.325 e. The summed E-state index contributed by atoms with van der Waals surface area (Å²) in [5, 5.41) is 15.7. The van der Waals surface area contributed by atoms with Crippen molar-refractivity contribution in [1.82, 2.24) is 14.5 Å². The van der Waals surface area contributed by atoms with Crippen molar-refractivity contribution < 1.29 is 4.79 Å². The van der Waals surface area contributed by atoms with E-state index in [2.05, 4.69) is 27.5 Å². The number of aryl methyl sites for hydroxylation is 1. The highest BCUT2D eigenvalue weighted by molar-refractivity contribution is 5.91. The molecule has 8 heteroatoms. The van der Waals surface area contributed by atoms with Gasteiger partial charge in [-0.1, -0.05) is 19.8 Å². The molecule has 2 heterocycles. The van der Waals surface area contributed by atoms with Crippen LogP contribution in [0.5, 0.6) is 0 Å². The summed E-state index contributed by atoms with van der Waals surface area (Å²) in [7, 11) is 0. The molecule has 0 spiro atoms. The number of hydrogen-bond acceptors (Lipinski definition) is 6. The number of pyridine rings is 1. The number of fused-ring (bicyclic) bond motifs is 1. The molecule has 8 nitrogen and oxygen atoms in total. The van der Waals surface area contributed by atoms with E-state index in [0.717, 1.165) is 24.6 Å². The molecule has 1 amide bonds. The fraction of sp³-hybridized carbons (Fsp3) is 0.286. The van der Waals surface area contributed by atoms with Gasteiger partial charge in [0.15, 0.2) is 0 Å². The summed E-state index contributed by atoms with van der Waals surface area (Å²) in [5.74, 6) is 0.0579. The van der Waals surface area contributed by atoms with Gasteiger partial charge in [0.2, 0.25) is 11.9 Å². The largest absolute Gasteiger partial charge is 0.325 e. The molecule has 0 unspecified atom stereocenters. The van der Waals surface area contributed by atoms with E-state index in [9.17, 15) is 14.9 Å². The molecule has 0 saturated carbocycles. The maximum atomic E-state index is 12.3. The summed E-state index contributed by atoms with van der Waals surface area (Å²) in [6, 6.07) is 10.2. The summed E-state index contributed by atoms with van der Waals surface area (Å²) in [6.07, 6.45) is 4.67. The highest BCUT2D eigenvalue weighted by Gasteiger charge is 2.09. The Bertz CT molecular complexity index is 1150. The smallest absolute Gasteiger partial charge is 0.252 e. The first-order valence-corrected chi connectivity index (χ1v) is 9.47. The van der Waals surface area contributed by atoms with Gasteiger partial charge in [0.25, 0.3) is 5.56 Å². The van der Waals surface area contributed by atoms with E-state index < -0.39 is 0 Å². The van der Waals surface area contributed by atoms with Crippen molar-refractivity contribution in [3.8, 4) is 6.07 Å². The number of amides is 1. The lowest BCUT2D eigenvalue weighted by Gasteiger charge is -2.12. The van der Waals surface area contributed by atoms with E-state index in [1.165, 1.54) is 13.0 Å². The second kappa shape index (κ2) is 8.97. The quantitative estimate of drug-likeness (QED) is 0.597. The first kappa shape index (κ1) is 20.0. The molecule has 3 rings (SSSR count). The Balaban J connectivity index is 1.94. The minimum atomic E-state index is -0.267. The molecule has 0 atom stereocenters. The molecule has 0 aliphatic heterocycles. The van der Waals surface area contributed by atoms with Crippen LogP contribution < -0.4 is 16.2 Å². The Morgan fingerprint density at radius 1 is 1.24 bits per heavy atom. The highest BCUT2D eigenvalue weighted by Crippen LogP contribution is 2.23. The van der Waals surface area contributed by atoms with E-state index in [4.69, 9.17) is 0 Å². The van der Waals surface area contributed by atoms with Crippen molar-refractivity contribution >= 4 is 34.3 Å². The summed E-state index contributed by atoms with van der Waals surface area (Å²) in [6.45, 7) is 4.10. The monoisotopic (exact) mass is 390 g/mol. The Labute approximate surface area is 168 Å². The Morgan fingerprint density at radius 3 is 2.79 bits per heavy atom. The molecule has 1 aromatic carbocycles. The van der Waals surface area contributed by atoms with Crippen LogP contribution >= 0.6 is 0 Å². The summed E-state index contributed by atoms with van der Waals surface area (Å²) in [4.78, 5) is 32.5. The number of carbonyl (C=O) groups excluding carboxylic acids is 1. The Kier molecular flexibility index (Phi) is 6.19. The van der Waals surface area contributed by atoms with Gasteiger partial charge >= 0.3 is 0 Å². The molecule has 0 bridgehead atoms. The van der Waals surface area contributed by atoms with Gasteiger partial charge in [-0.25, -0.2) is 4.98 Å². The van der Waals surface area contributed by atoms with Crippen molar-refractivity contribution in [2.75, 3.05) is 10.6 Å². The molecule has 0 radical (unpaired) electrons. The molecule has 148 valence electrons. The van der Waals surface area contributed by atoms with Gasteiger partial charge in [-0.3, -0.25) is 14.2 Å². The van der Waals surface area contributed by atoms with Crippen molar-refractivity contribution in [2.45, 2.75) is 39.7 Å². The number of nitrogens with one attached hydrogen (secondary N) is 2. The van der Waals surface area contributed by atoms with Crippen LogP contribution in [-0.2, 0) is 11.3 Å². The van der Waals surface area contributed by atoms with Gasteiger partial charge in [0.1, 0.15) is 11.7 Å². The Hall–Kier alpha value is -3.73. The zero-order chi connectivity index (χ0) is 20.8. The van der Waals surface area contributed by atoms with Crippen LogP contribution in [0.3, 0.4) is 0 Å². The fourth-order valence-corrected chi connectivity index (χ4v) is 3.01. The number of nitrogens with zero attached hydrogens (tertiary/aromatic N) is 4. The van der Waals surface area contributed by atoms with Crippen LogP contribution in [0.25, 0.3) is 11.0 Å². The summed E-state index contributed by atoms with van der Waals surface area (Å²) in [5.41, 5.74) is 1.85. The van der Waals surface area contributed by atoms with Crippen molar-refractivity contribution in [3.63, 3.8) is 0 Å². The van der Waals surface area contributed by atoms with Crippen LogP contribution in [0.4, 0.5) is 17.3 Å². The van der Waals surface area contributed by atoms with Gasteiger partial charge in [-0.2, -0.15) is 10.2 Å². The number of benzene rings is 1. The van der Waals surface area contributed by atoms with Gasteiger partial charge < -0.3 is 10.6 Å². The van der Waals surface area contributed by atoms with E-state index in [-0.39, 0.29) is 11.5 Å². The molecule has 2 N–H and O–H groups in total. The van der Waals surface area contributed by atoms with Crippen molar-refractivity contribution in [3.05, 3.63) is 52.4 Å². The number of nitriles is 1. The van der Waals surface area contributed by atoms with Crippen LogP contribution in [0.15, 0.2) is 41.3 Å².